The van der Waals surface area contributed by atoms with Crippen LogP contribution in [0.1, 0.15) is 19.8 Å². The zero-order chi connectivity index (χ0) is 10.7. The number of rotatable bonds is 2. The van der Waals surface area contributed by atoms with E-state index in [9.17, 15) is 0 Å². The quantitative estimate of drug-likeness (QED) is 0.838. The predicted molar refractivity (Wildman–Crippen MR) is 61.8 cm³/mol. The van der Waals surface area contributed by atoms with Crippen LogP contribution in [0.15, 0.2) is 17.0 Å². The van der Waals surface area contributed by atoms with Gasteiger partial charge in [-0.25, -0.2) is 9.97 Å². The fraction of sp³-hybridized carbons (Fsp3) is 0.600. The molecular weight excluding hydrogens is 258 g/mol. The first-order valence-corrected chi connectivity index (χ1v) is 5.81. The zero-order valence-corrected chi connectivity index (χ0v) is 10.2. The Morgan fingerprint density at radius 2 is 2.13 bits per heavy atom. The standard InChI is InChI=1S/C10H14BrN3O/c1-10(2-4-15-5-3-10)14-9-6-8(11)12-7-13-9/h6-7H,2-5H2,1H3,(H,12,13,14). The minimum absolute atomic E-state index is 0.0893. The van der Waals surface area contributed by atoms with Gasteiger partial charge in [-0.3, -0.25) is 0 Å². The molecule has 1 aliphatic rings. The second-order valence-electron chi connectivity index (χ2n) is 4.02. The second kappa shape index (κ2) is 4.45. The molecule has 82 valence electrons. The number of nitrogens with zero attached hydrogens (tertiary/aromatic N) is 2. The number of hydrogen-bond acceptors (Lipinski definition) is 4. The van der Waals surface area contributed by atoms with E-state index >= 15 is 0 Å². The summed E-state index contributed by atoms with van der Waals surface area (Å²) in [5.74, 6) is 0.862. The van der Waals surface area contributed by atoms with Crippen LogP contribution >= 0.6 is 15.9 Å². The van der Waals surface area contributed by atoms with Gasteiger partial charge < -0.3 is 10.1 Å². The maximum atomic E-state index is 5.34. The van der Waals surface area contributed by atoms with E-state index in [1.54, 1.807) is 6.33 Å². The Morgan fingerprint density at radius 1 is 1.40 bits per heavy atom. The van der Waals surface area contributed by atoms with Crippen LogP contribution < -0.4 is 5.32 Å². The van der Waals surface area contributed by atoms with Gasteiger partial charge in [0.1, 0.15) is 16.7 Å². The summed E-state index contributed by atoms with van der Waals surface area (Å²) >= 11 is 3.33. The van der Waals surface area contributed by atoms with Gasteiger partial charge in [-0.15, -0.1) is 0 Å². The van der Waals surface area contributed by atoms with Gasteiger partial charge in [-0.1, -0.05) is 0 Å². The van der Waals surface area contributed by atoms with Crippen molar-refractivity contribution in [3.05, 3.63) is 17.0 Å². The third-order valence-electron chi connectivity index (χ3n) is 2.66. The molecule has 4 nitrogen and oxygen atoms in total. The van der Waals surface area contributed by atoms with Crippen molar-refractivity contribution >= 4 is 21.7 Å². The summed E-state index contributed by atoms with van der Waals surface area (Å²) in [4.78, 5) is 8.18. The first-order chi connectivity index (χ1) is 7.18. The molecule has 0 radical (unpaired) electrons. The SMILES string of the molecule is CC1(Nc2cc(Br)ncn2)CCOCC1. The van der Waals surface area contributed by atoms with Gasteiger partial charge >= 0.3 is 0 Å². The fourth-order valence-electron chi connectivity index (χ4n) is 1.66. The van der Waals surface area contributed by atoms with Crippen molar-refractivity contribution in [1.29, 1.82) is 0 Å². The molecule has 1 saturated heterocycles. The molecule has 0 aromatic carbocycles. The molecule has 0 bridgehead atoms. The minimum Gasteiger partial charge on any atom is -0.381 e. The van der Waals surface area contributed by atoms with Gasteiger partial charge in [-0.2, -0.15) is 0 Å². The highest BCUT2D eigenvalue weighted by Crippen LogP contribution is 2.24. The van der Waals surface area contributed by atoms with Crippen molar-refractivity contribution in [2.24, 2.45) is 0 Å². The van der Waals surface area contributed by atoms with E-state index in [0.717, 1.165) is 36.5 Å². The van der Waals surface area contributed by atoms with E-state index < -0.39 is 0 Å². The predicted octanol–water partition coefficient (Wildman–Crippen LogP) is 2.22. The first kappa shape index (κ1) is 10.8. The van der Waals surface area contributed by atoms with E-state index in [0.29, 0.717) is 0 Å². The number of ether oxygens (including phenoxy) is 1. The van der Waals surface area contributed by atoms with Crippen molar-refractivity contribution in [1.82, 2.24) is 9.97 Å². The van der Waals surface area contributed by atoms with Crippen molar-refractivity contribution in [3.8, 4) is 0 Å². The Morgan fingerprint density at radius 3 is 2.80 bits per heavy atom. The van der Waals surface area contributed by atoms with Gasteiger partial charge in [0.05, 0.1) is 0 Å². The molecule has 0 unspecified atom stereocenters. The molecule has 2 rings (SSSR count). The van der Waals surface area contributed by atoms with Crippen LogP contribution in [-0.2, 0) is 4.74 Å². The van der Waals surface area contributed by atoms with E-state index in [1.165, 1.54) is 0 Å². The summed E-state index contributed by atoms with van der Waals surface area (Å²) in [5.41, 5.74) is 0.0893. The summed E-state index contributed by atoms with van der Waals surface area (Å²) in [6.07, 6.45) is 3.57. The van der Waals surface area contributed by atoms with Gasteiger partial charge in [-0.05, 0) is 35.7 Å². The van der Waals surface area contributed by atoms with Crippen LogP contribution in [0.5, 0.6) is 0 Å². The van der Waals surface area contributed by atoms with E-state index in [1.807, 2.05) is 6.07 Å². The summed E-state index contributed by atoms with van der Waals surface area (Å²) in [5, 5.41) is 3.44. The molecule has 0 atom stereocenters. The Balaban J connectivity index is 2.06. The molecule has 1 aromatic rings. The van der Waals surface area contributed by atoms with Crippen LogP contribution in [0.2, 0.25) is 0 Å². The number of nitrogens with one attached hydrogen (secondary N) is 1. The molecule has 1 aromatic heterocycles. The van der Waals surface area contributed by atoms with Gasteiger partial charge in [0.15, 0.2) is 0 Å². The maximum Gasteiger partial charge on any atom is 0.130 e. The lowest BCUT2D eigenvalue weighted by Gasteiger charge is -2.34. The molecule has 0 spiro atoms. The number of hydrogen-bond donors (Lipinski definition) is 1. The highest BCUT2D eigenvalue weighted by molar-refractivity contribution is 9.10. The molecule has 1 N–H and O–H groups in total. The zero-order valence-electron chi connectivity index (χ0n) is 8.66. The lowest BCUT2D eigenvalue weighted by atomic mass is 9.92. The third-order valence-corrected chi connectivity index (χ3v) is 3.09. The van der Waals surface area contributed by atoms with E-state index in [4.69, 9.17) is 4.74 Å². The van der Waals surface area contributed by atoms with Crippen LogP contribution in [0.3, 0.4) is 0 Å². The summed E-state index contributed by atoms with van der Waals surface area (Å²) in [6, 6.07) is 1.89. The fourth-order valence-corrected chi connectivity index (χ4v) is 1.97. The smallest absolute Gasteiger partial charge is 0.130 e. The highest BCUT2D eigenvalue weighted by atomic mass is 79.9. The van der Waals surface area contributed by atoms with Crippen LogP contribution in [-0.4, -0.2) is 28.7 Å². The largest absolute Gasteiger partial charge is 0.381 e. The minimum atomic E-state index is 0.0893. The van der Waals surface area contributed by atoms with Gasteiger partial charge in [0, 0.05) is 24.8 Å². The first-order valence-electron chi connectivity index (χ1n) is 5.01. The summed E-state index contributed by atoms with van der Waals surface area (Å²) < 4.78 is 6.15. The number of aromatic nitrogens is 2. The Bertz CT molecular complexity index is 339. The lowest BCUT2D eigenvalue weighted by molar-refractivity contribution is 0.0657. The Labute approximate surface area is 97.6 Å². The molecule has 0 saturated carbocycles. The number of halogens is 1. The molecule has 0 amide bonds. The molecule has 0 aliphatic carbocycles. The molecule has 1 aliphatic heterocycles. The third kappa shape index (κ3) is 2.89. The molecule has 5 heteroatoms. The van der Waals surface area contributed by atoms with Crippen molar-refractivity contribution in [2.75, 3.05) is 18.5 Å². The van der Waals surface area contributed by atoms with E-state index in [-0.39, 0.29) is 5.54 Å². The van der Waals surface area contributed by atoms with Crippen LogP contribution in [0.4, 0.5) is 5.82 Å². The van der Waals surface area contributed by atoms with E-state index in [2.05, 4.69) is 38.1 Å². The van der Waals surface area contributed by atoms with Crippen LogP contribution in [0.25, 0.3) is 0 Å². The molecule has 1 fully saturated rings. The highest BCUT2D eigenvalue weighted by Gasteiger charge is 2.27. The lowest BCUT2D eigenvalue weighted by Crippen LogP contribution is -2.40. The topological polar surface area (TPSA) is 47.0 Å². The summed E-state index contributed by atoms with van der Waals surface area (Å²) in [7, 11) is 0. The number of anilines is 1. The summed E-state index contributed by atoms with van der Waals surface area (Å²) in [6.45, 7) is 3.83. The Hall–Kier alpha value is -0.680. The molecule has 15 heavy (non-hydrogen) atoms. The van der Waals surface area contributed by atoms with Gasteiger partial charge in [0.25, 0.3) is 0 Å². The maximum absolute atomic E-state index is 5.34. The van der Waals surface area contributed by atoms with Crippen LogP contribution in [0, 0.1) is 0 Å². The Kier molecular flexibility index (Phi) is 3.21. The molecule has 2 heterocycles. The normalized spacial score (nSPS) is 19.9. The monoisotopic (exact) mass is 271 g/mol. The van der Waals surface area contributed by atoms with Crippen molar-refractivity contribution in [2.45, 2.75) is 25.3 Å². The average molecular weight is 272 g/mol. The second-order valence-corrected chi connectivity index (χ2v) is 4.84. The average Bonchev–Trinajstić information content (AvgIpc) is 2.18. The van der Waals surface area contributed by atoms with Crippen molar-refractivity contribution < 1.29 is 4.74 Å². The van der Waals surface area contributed by atoms with Crippen molar-refractivity contribution in [3.63, 3.8) is 0 Å². The molecular formula is C10H14BrN3O. The van der Waals surface area contributed by atoms with Gasteiger partial charge in [0.2, 0.25) is 0 Å².